The zero-order valence-corrected chi connectivity index (χ0v) is 32.7. The molecule has 4 aromatic rings. The van der Waals surface area contributed by atoms with Crippen LogP contribution < -0.4 is 11.5 Å². The number of nitrogens with zero attached hydrogens (tertiary/aromatic N) is 6. The molecular formula is C38H48F6N8O4. The Morgan fingerprint density at radius 2 is 1.23 bits per heavy atom. The van der Waals surface area contributed by atoms with E-state index in [1.54, 1.807) is 41.5 Å². The van der Waals surface area contributed by atoms with Crippen LogP contribution in [0, 0.1) is 22.5 Å². The maximum Gasteiger partial charge on any atom is 0.335 e. The van der Waals surface area contributed by atoms with E-state index in [1.807, 2.05) is 20.8 Å². The van der Waals surface area contributed by atoms with E-state index in [1.165, 1.54) is 18.2 Å². The van der Waals surface area contributed by atoms with Crippen LogP contribution >= 0.6 is 0 Å². The van der Waals surface area contributed by atoms with Gasteiger partial charge < -0.3 is 20.9 Å². The Morgan fingerprint density at radius 3 is 1.70 bits per heavy atom. The van der Waals surface area contributed by atoms with E-state index in [4.69, 9.17) is 20.9 Å². The van der Waals surface area contributed by atoms with Crippen molar-refractivity contribution in [3.63, 3.8) is 0 Å². The number of carbonyl (C=O) groups excluding carboxylic acids is 2. The monoisotopic (exact) mass is 794 g/mol. The molecule has 4 rings (SSSR count). The number of carbonyl (C=O) groups is 2. The minimum absolute atomic E-state index is 0.00133. The summed E-state index contributed by atoms with van der Waals surface area (Å²) in [5, 5.41) is 7.40. The van der Waals surface area contributed by atoms with Gasteiger partial charge in [-0.25, -0.2) is 28.3 Å². The van der Waals surface area contributed by atoms with Gasteiger partial charge in [-0.2, -0.15) is 32.0 Å². The molecule has 0 spiro atoms. The molecule has 2 atom stereocenters. The number of benzene rings is 2. The van der Waals surface area contributed by atoms with Crippen molar-refractivity contribution in [1.29, 1.82) is 0 Å². The van der Waals surface area contributed by atoms with Crippen LogP contribution in [0.5, 0.6) is 0 Å². The number of nitrogens with two attached hydrogens (primary N) is 2. The van der Waals surface area contributed by atoms with Crippen LogP contribution in [0.2, 0.25) is 0 Å². The van der Waals surface area contributed by atoms with Gasteiger partial charge in [0.15, 0.2) is 11.6 Å². The standard InChI is InChI=1S/C38H48F6N8O4/c1-20(2)55-31(53)37(45,17-35(5,6)7)24-12-10-22(14-26(24)39)29-49-28(51(50-29)33(41)42)16-36(8,9)18-38(46,32(54)56-21(3)4)25-13-11-23(15-27(25)40)30-47-19-48-52(30)34(43)44/h10-15,19-21,33-34H,16-18,45-46H2,1-9H3. The molecule has 2 aromatic heterocycles. The normalized spacial score (nSPS) is 14.7. The smallest absolute Gasteiger partial charge is 0.335 e. The van der Waals surface area contributed by atoms with Crippen LogP contribution in [-0.4, -0.2) is 53.7 Å². The summed E-state index contributed by atoms with van der Waals surface area (Å²) in [6, 6.07) is 6.88. The summed E-state index contributed by atoms with van der Waals surface area (Å²) in [6.07, 6.45) is -1.00. The van der Waals surface area contributed by atoms with E-state index < -0.39 is 70.8 Å². The number of rotatable bonds is 15. The summed E-state index contributed by atoms with van der Waals surface area (Å²) >= 11 is 0. The number of hydrogen-bond donors (Lipinski definition) is 2. The summed E-state index contributed by atoms with van der Waals surface area (Å²) in [4.78, 5) is 34.9. The van der Waals surface area contributed by atoms with Gasteiger partial charge in [0.25, 0.3) is 0 Å². The summed E-state index contributed by atoms with van der Waals surface area (Å²) in [5.41, 5.74) is 6.83. The number of esters is 2. The number of halogens is 6. The molecule has 0 radical (unpaired) electrons. The van der Waals surface area contributed by atoms with Crippen molar-refractivity contribution >= 4 is 11.9 Å². The van der Waals surface area contributed by atoms with Crippen LogP contribution in [0.1, 0.15) is 105 Å². The molecule has 4 N–H and O–H groups in total. The molecule has 0 bridgehead atoms. The molecule has 0 aliphatic rings. The average Bonchev–Trinajstić information content (AvgIpc) is 3.71. The van der Waals surface area contributed by atoms with Crippen LogP contribution in [0.3, 0.4) is 0 Å². The van der Waals surface area contributed by atoms with Gasteiger partial charge in [-0.05, 0) is 63.5 Å². The first-order valence-corrected chi connectivity index (χ1v) is 17.8. The minimum atomic E-state index is -3.20. The Bertz CT molecular complexity index is 2040. The molecule has 0 saturated heterocycles. The average molecular weight is 795 g/mol. The summed E-state index contributed by atoms with van der Waals surface area (Å²) in [5.74, 6) is -4.71. The lowest BCUT2D eigenvalue weighted by Gasteiger charge is -2.36. The van der Waals surface area contributed by atoms with E-state index in [0.29, 0.717) is 9.36 Å². The van der Waals surface area contributed by atoms with Gasteiger partial charge in [0.2, 0.25) is 0 Å². The lowest BCUT2D eigenvalue weighted by Crippen LogP contribution is -2.50. The van der Waals surface area contributed by atoms with E-state index >= 15 is 8.78 Å². The second-order valence-corrected chi connectivity index (χ2v) is 16.4. The fraction of sp³-hybridized carbons (Fsp3) is 0.526. The van der Waals surface area contributed by atoms with Crippen molar-refractivity contribution < 1.29 is 45.4 Å². The van der Waals surface area contributed by atoms with Gasteiger partial charge in [0.1, 0.15) is 34.9 Å². The zero-order chi connectivity index (χ0) is 42.1. The fourth-order valence-corrected chi connectivity index (χ4v) is 6.66. The molecule has 18 heteroatoms. The van der Waals surface area contributed by atoms with Crippen molar-refractivity contribution in [3.05, 3.63) is 71.3 Å². The van der Waals surface area contributed by atoms with E-state index in [2.05, 4.69) is 20.2 Å². The highest BCUT2D eigenvalue weighted by atomic mass is 19.3. The van der Waals surface area contributed by atoms with Gasteiger partial charge in [0.05, 0.1) is 12.2 Å². The SMILES string of the molecule is CC(C)OC(=O)C(N)(CC(C)(C)C)c1ccc(-c2nc(CC(C)(C)CC(N)(C(=O)OC(C)C)c3ccc(-c4ncnn4C(F)F)cc3F)n(C(F)F)n2)cc1F. The molecule has 0 aliphatic carbocycles. The van der Waals surface area contributed by atoms with Crippen LogP contribution in [0.4, 0.5) is 26.3 Å². The highest BCUT2D eigenvalue weighted by Crippen LogP contribution is 2.40. The zero-order valence-electron chi connectivity index (χ0n) is 32.7. The van der Waals surface area contributed by atoms with Crippen molar-refractivity contribution in [2.24, 2.45) is 22.3 Å². The molecule has 56 heavy (non-hydrogen) atoms. The molecule has 2 heterocycles. The topological polar surface area (TPSA) is 166 Å². The molecule has 2 aromatic carbocycles. The van der Waals surface area contributed by atoms with E-state index in [-0.39, 0.29) is 59.0 Å². The molecule has 12 nitrogen and oxygen atoms in total. The summed E-state index contributed by atoms with van der Waals surface area (Å²) in [7, 11) is 0. The van der Waals surface area contributed by atoms with Crippen molar-refractivity contribution in [2.45, 2.75) is 118 Å². The maximum absolute atomic E-state index is 15.9. The van der Waals surface area contributed by atoms with Crippen LogP contribution in [0.25, 0.3) is 22.8 Å². The Kier molecular flexibility index (Phi) is 12.8. The highest BCUT2D eigenvalue weighted by Gasteiger charge is 2.46. The first-order chi connectivity index (χ1) is 25.8. The predicted molar refractivity (Wildman–Crippen MR) is 194 cm³/mol. The number of alkyl halides is 4. The molecular weight excluding hydrogens is 746 g/mol. The lowest BCUT2D eigenvalue weighted by molar-refractivity contribution is -0.157. The van der Waals surface area contributed by atoms with Crippen LogP contribution in [-0.2, 0) is 36.6 Å². The Balaban J connectivity index is 1.72. The first-order valence-electron chi connectivity index (χ1n) is 17.8. The van der Waals surface area contributed by atoms with Crippen molar-refractivity contribution in [2.75, 3.05) is 0 Å². The number of hydrogen-bond acceptors (Lipinski definition) is 10. The minimum Gasteiger partial charge on any atom is -0.461 e. The first kappa shape index (κ1) is 43.9. The molecule has 0 aliphatic heterocycles. The molecule has 0 saturated carbocycles. The van der Waals surface area contributed by atoms with Crippen molar-refractivity contribution in [1.82, 2.24) is 29.5 Å². The third-order valence-corrected chi connectivity index (χ3v) is 8.68. The quantitative estimate of drug-likeness (QED) is 0.0905. The molecule has 2 unspecified atom stereocenters. The fourth-order valence-electron chi connectivity index (χ4n) is 6.66. The second-order valence-electron chi connectivity index (χ2n) is 16.4. The van der Waals surface area contributed by atoms with Gasteiger partial charge in [-0.3, -0.25) is 0 Å². The van der Waals surface area contributed by atoms with Gasteiger partial charge in [0, 0.05) is 28.7 Å². The number of ether oxygens (including phenoxy) is 2. The molecule has 306 valence electrons. The van der Waals surface area contributed by atoms with E-state index in [9.17, 15) is 27.2 Å². The van der Waals surface area contributed by atoms with Crippen LogP contribution in [0.15, 0.2) is 42.7 Å². The second kappa shape index (κ2) is 16.3. The predicted octanol–water partition coefficient (Wildman–Crippen LogP) is 7.58. The highest BCUT2D eigenvalue weighted by molar-refractivity contribution is 5.84. The maximum atomic E-state index is 15.9. The Hall–Kier alpha value is -4.84. The van der Waals surface area contributed by atoms with Crippen molar-refractivity contribution in [3.8, 4) is 22.8 Å². The summed E-state index contributed by atoms with van der Waals surface area (Å²) < 4.78 is 99.1. The van der Waals surface area contributed by atoms with Gasteiger partial charge in [-0.15, -0.1) is 5.10 Å². The van der Waals surface area contributed by atoms with Gasteiger partial charge >= 0.3 is 25.0 Å². The molecule has 0 amide bonds. The number of aromatic nitrogens is 6. The largest absolute Gasteiger partial charge is 0.461 e. The summed E-state index contributed by atoms with van der Waals surface area (Å²) in [6.45, 7) is 8.76. The Morgan fingerprint density at radius 1 is 0.750 bits per heavy atom. The lowest BCUT2D eigenvalue weighted by atomic mass is 9.73. The third-order valence-electron chi connectivity index (χ3n) is 8.68. The third kappa shape index (κ3) is 9.75. The molecule has 0 fully saturated rings. The Labute approximate surface area is 321 Å². The van der Waals surface area contributed by atoms with Gasteiger partial charge in [-0.1, -0.05) is 58.9 Å². The van der Waals surface area contributed by atoms with E-state index in [0.717, 1.165) is 24.5 Å².